The quantitative estimate of drug-likeness (QED) is 0.877. The smallest absolute Gasteiger partial charge is 0.330 e. The molecule has 3 rings (SSSR count). The number of thiophene rings is 1. The maximum Gasteiger partial charge on any atom is 0.330 e. The highest BCUT2D eigenvalue weighted by Gasteiger charge is 2.44. The molecule has 2 heterocycles. The van der Waals surface area contributed by atoms with Gasteiger partial charge in [-0.2, -0.15) is 0 Å². The minimum atomic E-state index is -0.736. The summed E-state index contributed by atoms with van der Waals surface area (Å²) in [6, 6.07) is 12.2. The van der Waals surface area contributed by atoms with Crippen molar-refractivity contribution in [1.29, 1.82) is 0 Å². The van der Waals surface area contributed by atoms with Crippen LogP contribution in [0.1, 0.15) is 16.9 Å². The van der Waals surface area contributed by atoms with Crippen molar-refractivity contribution in [3.63, 3.8) is 0 Å². The average Bonchev–Trinajstić information content (AvgIpc) is 3.05. The van der Waals surface area contributed by atoms with Crippen LogP contribution < -0.4 is 5.32 Å². The SMILES string of the molecule is COC(=O)C1(NCc2cccs2)CCSc2ccccc21. The molecule has 0 aliphatic carbocycles. The molecule has 5 heteroatoms. The monoisotopic (exact) mass is 319 g/mol. The van der Waals surface area contributed by atoms with E-state index in [4.69, 9.17) is 4.74 Å². The van der Waals surface area contributed by atoms with E-state index in [1.54, 1.807) is 23.1 Å². The van der Waals surface area contributed by atoms with E-state index in [0.717, 1.165) is 22.6 Å². The zero-order chi connectivity index (χ0) is 14.7. The van der Waals surface area contributed by atoms with E-state index in [0.29, 0.717) is 6.54 Å². The molecule has 110 valence electrons. The Hall–Kier alpha value is -1.30. The molecule has 0 bridgehead atoms. The van der Waals surface area contributed by atoms with Crippen LogP contribution in [0.25, 0.3) is 0 Å². The molecule has 0 saturated heterocycles. The Bertz CT molecular complexity index is 627. The molecule has 1 N–H and O–H groups in total. The van der Waals surface area contributed by atoms with Crippen molar-refractivity contribution in [2.24, 2.45) is 0 Å². The molecule has 1 aromatic heterocycles. The second-order valence-electron chi connectivity index (χ2n) is 4.92. The fourth-order valence-electron chi connectivity index (χ4n) is 2.69. The largest absolute Gasteiger partial charge is 0.467 e. The van der Waals surface area contributed by atoms with Gasteiger partial charge in [0.25, 0.3) is 0 Å². The fourth-order valence-corrected chi connectivity index (χ4v) is 4.53. The van der Waals surface area contributed by atoms with Crippen molar-refractivity contribution in [3.05, 3.63) is 52.2 Å². The zero-order valence-corrected chi connectivity index (χ0v) is 13.4. The van der Waals surface area contributed by atoms with E-state index >= 15 is 0 Å². The Kier molecular flexibility index (Phi) is 4.33. The maximum atomic E-state index is 12.5. The van der Waals surface area contributed by atoms with Crippen LogP contribution in [-0.4, -0.2) is 18.8 Å². The molecular weight excluding hydrogens is 302 g/mol. The minimum absolute atomic E-state index is 0.202. The van der Waals surface area contributed by atoms with Gasteiger partial charge in [0.05, 0.1) is 7.11 Å². The number of rotatable bonds is 4. The lowest BCUT2D eigenvalue weighted by Crippen LogP contribution is -2.51. The average molecular weight is 319 g/mol. The molecule has 21 heavy (non-hydrogen) atoms. The van der Waals surface area contributed by atoms with Crippen LogP contribution in [0.3, 0.4) is 0 Å². The molecule has 2 aromatic rings. The second-order valence-corrected chi connectivity index (χ2v) is 7.09. The number of carbonyl (C=O) groups excluding carboxylic acids is 1. The van der Waals surface area contributed by atoms with Crippen LogP contribution in [-0.2, 0) is 21.6 Å². The minimum Gasteiger partial charge on any atom is -0.467 e. The summed E-state index contributed by atoms with van der Waals surface area (Å²) in [4.78, 5) is 14.9. The maximum absolute atomic E-state index is 12.5. The van der Waals surface area contributed by atoms with Gasteiger partial charge >= 0.3 is 5.97 Å². The van der Waals surface area contributed by atoms with Crippen LogP contribution in [0.2, 0.25) is 0 Å². The van der Waals surface area contributed by atoms with Gasteiger partial charge in [0.1, 0.15) is 5.54 Å². The molecule has 1 aromatic carbocycles. The number of thioether (sulfide) groups is 1. The predicted molar refractivity (Wildman–Crippen MR) is 86.6 cm³/mol. The summed E-state index contributed by atoms with van der Waals surface area (Å²) >= 11 is 3.49. The van der Waals surface area contributed by atoms with Gasteiger partial charge in [-0.3, -0.25) is 5.32 Å². The number of hydrogen-bond acceptors (Lipinski definition) is 5. The Balaban J connectivity index is 1.96. The molecule has 1 aliphatic rings. The van der Waals surface area contributed by atoms with Gasteiger partial charge in [0.15, 0.2) is 0 Å². The molecule has 0 saturated carbocycles. The molecule has 3 nitrogen and oxygen atoms in total. The molecule has 0 amide bonds. The van der Waals surface area contributed by atoms with Crippen LogP contribution >= 0.6 is 23.1 Å². The van der Waals surface area contributed by atoms with Gasteiger partial charge in [-0.05, 0) is 29.5 Å². The highest BCUT2D eigenvalue weighted by molar-refractivity contribution is 7.99. The van der Waals surface area contributed by atoms with Gasteiger partial charge < -0.3 is 4.74 Å². The van der Waals surface area contributed by atoms with Gasteiger partial charge in [-0.1, -0.05) is 24.3 Å². The normalized spacial score (nSPS) is 20.8. The highest BCUT2D eigenvalue weighted by atomic mass is 32.2. The first-order valence-electron chi connectivity index (χ1n) is 6.84. The van der Waals surface area contributed by atoms with Gasteiger partial charge in [-0.15, -0.1) is 23.1 Å². The summed E-state index contributed by atoms with van der Waals surface area (Å²) in [7, 11) is 1.46. The van der Waals surface area contributed by atoms with Crippen LogP contribution in [0.15, 0.2) is 46.7 Å². The highest BCUT2D eigenvalue weighted by Crippen LogP contribution is 2.41. The first-order chi connectivity index (χ1) is 10.3. The number of carbonyl (C=O) groups is 1. The molecule has 0 fully saturated rings. The number of esters is 1. The standard InChI is InChI=1S/C16H17NO2S2/c1-19-15(18)16(17-11-12-5-4-9-20-12)8-10-21-14-7-3-2-6-13(14)16/h2-7,9,17H,8,10-11H2,1H3. The summed E-state index contributed by atoms with van der Waals surface area (Å²) < 4.78 is 5.11. The van der Waals surface area contributed by atoms with Crippen molar-refractivity contribution in [2.75, 3.05) is 12.9 Å². The lowest BCUT2D eigenvalue weighted by molar-refractivity contribution is -0.149. The van der Waals surface area contributed by atoms with E-state index in [1.165, 1.54) is 12.0 Å². The summed E-state index contributed by atoms with van der Waals surface area (Å²) in [5.41, 5.74) is 0.297. The third kappa shape index (κ3) is 2.73. The van der Waals surface area contributed by atoms with E-state index in [9.17, 15) is 4.79 Å². The van der Waals surface area contributed by atoms with Crippen LogP contribution in [0.5, 0.6) is 0 Å². The Morgan fingerprint density at radius 2 is 2.19 bits per heavy atom. The molecular formula is C16H17NO2S2. The van der Waals surface area contributed by atoms with Gasteiger partial charge in [0, 0.05) is 22.1 Å². The Morgan fingerprint density at radius 3 is 2.95 bits per heavy atom. The first kappa shape index (κ1) is 14.6. The van der Waals surface area contributed by atoms with Crippen molar-refractivity contribution in [3.8, 4) is 0 Å². The third-order valence-corrected chi connectivity index (χ3v) is 5.71. The zero-order valence-electron chi connectivity index (χ0n) is 11.8. The summed E-state index contributed by atoms with van der Waals surface area (Å²) in [6.07, 6.45) is 0.743. The van der Waals surface area contributed by atoms with Crippen molar-refractivity contribution in [1.82, 2.24) is 5.32 Å². The molecule has 0 spiro atoms. The number of benzene rings is 1. The summed E-state index contributed by atoms with van der Waals surface area (Å²) in [5.74, 6) is 0.704. The lowest BCUT2D eigenvalue weighted by Gasteiger charge is -2.37. The number of methoxy groups -OCH3 is 1. The molecule has 1 atom stereocenters. The van der Waals surface area contributed by atoms with E-state index < -0.39 is 5.54 Å². The topological polar surface area (TPSA) is 38.3 Å². The Labute approximate surface area is 132 Å². The number of ether oxygens (including phenoxy) is 1. The molecule has 0 radical (unpaired) electrons. The van der Waals surface area contributed by atoms with Crippen molar-refractivity contribution >= 4 is 29.1 Å². The lowest BCUT2D eigenvalue weighted by atomic mass is 9.86. The summed E-state index contributed by atoms with van der Waals surface area (Å²) in [5, 5.41) is 5.52. The second kappa shape index (κ2) is 6.22. The third-order valence-electron chi connectivity index (χ3n) is 3.76. The Morgan fingerprint density at radius 1 is 1.33 bits per heavy atom. The van der Waals surface area contributed by atoms with Gasteiger partial charge in [0.2, 0.25) is 0 Å². The van der Waals surface area contributed by atoms with Crippen molar-refractivity contribution < 1.29 is 9.53 Å². The first-order valence-corrected chi connectivity index (χ1v) is 8.71. The van der Waals surface area contributed by atoms with E-state index in [1.807, 2.05) is 29.6 Å². The van der Waals surface area contributed by atoms with Crippen LogP contribution in [0, 0.1) is 0 Å². The van der Waals surface area contributed by atoms with Crippen molar-refractivity contribution in [2.45, 2.75) is 23.4 Å². The molecule has 1 unspecified atom stereocenters. The number of fused-ring (bicyclic) bond motifs is 1. The molecule has 1 aliphatic heterocycles. The number of nitrogens with one attached hydrogen (secondary N) is 1. The number of hydrogen-bond donors (Lipinski definition) is 1. The van der Waals surface area contributed by atoms with E-state index in [-0.39, 0.29) is 5.97 Å². The van der Waals surface area contributed by atoms with Crippen LogP contribution in [0.4, 0.5) is 0 Å². The summed E-state index contributed by atoms with van der Waals surface area (Å²) in [6.45, 7) is 0.672. The fraction of sp³-hybridized carbons (Fsp3) is 0.312. The van der Waals surface area contributed by atoms with Gasteiger partial charge in [-0.25, -0.2) is 4.79 Å². The predicted octanol–water partition coefficient (Wildman–Crippen LogP) is 3.40. The van der Waals surface area contributed by atoms with E-state index in [2.05, 4.69) is 17.4 Å².